The Hall–Kier alpha value is -1.49. The molecule has 0 heterocycles. The van der Waals surface area contributed by atoms with Crippen molar-refractivity contribution < 1.29 is 13.6 Å². The summed E-state index contributed by atoms with van der Waals surface area (Å²) in [5.74, 6) is -1.77. The minimum atomic E-state index is -0.851. The number of carbonyl (C=O) groups excluding carboxylic acids is 1. The van der Waals surface area contributed by atoms with Gasteiger partial charge in [0.1, 0.15) is 0 Å². The predicted molar refractivity (Wildman–Crippen MR) is 84.8 cm³/mol. The summed E-state index contributed by atoms with van der Waals surface area (Å²) in [4.78, 5) is 12.4. The Morgan fingerprint density at radius 3 is 2.70 bits per heavy atom. The van der Waals surface area contributed by atoms with Gasteiger partial charge in [-0.25, -0.2) is 8.78 Å². The van der Waals surface area contributed by atoms with Gasteiger partial charge >= 0.3 is 0 Å². The number of hydrogen-bond acceptors (Lipinski definition) is 2. The van der Waals surface area contributed by atoms with Crippen molar-refractivity contribution in [1.82, 2.24) is 5.32 Å². The van der Waals surface area contributed by atoms with Crippen LogP contribution >= 0.6 is 0 Å². The standard InChI is InChI=1S/C18H24F2N2O/c19-15-8-4-7-12(17(15)20)13-9-14(13)18(23)22-16(10-21)11-5-2-1-3-6-11/h4,7-8,11,13-14,16H,1-3,5-6,9-10,21H2,(H,22,23). The van der Waals surface area contributed by atoms with Crippen LogP contribution in [0.2, 0.25) is 0 Å². The van der Waals surface area contributed by atoms with Crippen molar-refractivity contribution in [3.05, 3.63) is 35.4 Å². The van der Waals surface area contributed by atoms with Crippen LogP contribution in [0.1, 0.15) is 50.0 Å². The van der Waals surface area contributed by atoms with Crippen molar-refractivity contribution in [2.24, 2.45) is 17.6 Å². The summed E-state index contributed by atoms with van der Waals surface area (Å²) < 4.78 is 27.1. The molecule has 2 saturated carbocycles. The molecule has 0 saturated heterocycles. The van der Waals surface area contributed by atoms with E-state index in [9.17, 15) is 13.6 Å². The summed E-state index contributed by atoms with van der Waals surface area (Å²) in [6, 6.07) is 4.16. The molecule has 126 valence electrons. The zero-order valence-electron chi connectivity index (χ0n) is 13.2. The van der Waals surface area contributed by atoms with Gasteiger partial charge in [0.05, 0.1) is 0 Å². The quantitative estimate of drug-likeness (QED) is 0.875. The lowest BCUT2D eigenvalue weighted by atomic mass is 9.84. The number of rotatable bonds is 5. The van der Waals surface area contributed by atoms with Crippen LogP contribution in [0.5, 0.6) is 0 Å². The van der Waals surface area contributed by atoms with E-state index in [0.717, 1.165) is 18.9 Å². The molecule has 3 atom stereocenters. The van der Waals surface area contributed by atoms with Crippen molar-refractivity contribution in [3.63, 3.8) is 0 Å². The van der Waals surface area contributed by atoms with Gasteiger partial charge in [-0.15, -0.1) is 0 Å². The van der Waals surface area contributed by atoms with E-state index in [4.69, 9.17) is 5.73 Å². The van der Waals surface area contributed by atoms with Crippen LogP contribution in [0.15, 0.2) is 18.2 Å². The first-order chi connectivity index (χ1) is 11.1. The molecule has 3 rings (SSSR count). The highest BCUT2D eigenvalue weighted by molar-refractivity contribution is 5.83. The normalized spacial score (nSPS) is 25.9. The van der Waals surface area contributed by atoms with Crippen molar-refractivity contribution in [1.29, 1.82) is 0 Å². The van der Waals surface area contributed by atoms with Gasteiger partial charge in [-0.05, 0) is 42.7 Å². The molecule has 5 heteroatoms. The molecule has 2 fully saturated rings. The second-order valence-corrected chi connectivity index (χ2v) is 6.84. The van der Waals surface area contributed by atoms with Crippen molar-refractivity contribution in [3.8, 4) is 0 Å². The fourth-order valence-corrected chi connectivity index (χ4v) is 3.83. The highest BCUT2D eigenvalue weighted by atomic mass is 19.2. The molecule has 3 N–H and O–H groups in total. The SMILES string of the molecule is NCC(NC(=O)C1CC1c1cccc(F)c1F)C1CCCCC1. The molecule has 1 aromatic rings. The summed E-state index contributed by atoms with van der Waals surface area (Å²) in [6.45, 7) is 0.433. The smallest absolute Gasteiger partial charge is 0.224 e. The molecule has 3 unspecified atom stereocenters. The number of amides is 1. The third kappa shape index (κ3) is 3.55. The molecule has 0 aromatic heterocycles. The van der Waals surface area contributed by atoms with Gasteiger partial charge < -0.3 is 11.1 Å². The van der Waals surface area contributed by atoms with Gasteiger partial charge in [-0.3, -0.25) is 4.79 Å². The van der Waals surface area contributed by atoms with E-state index in [1.165, 1.54) is 25.3 Å². The van der Waals surface area contributed by atoms with E-state index >= 15 is 0 Å². The number of hydrogen-bond donors (Lipinski definition) is 2. The first-order valence-corrected chi connectivity index (χ1v) is 8.56. The predicted octanol–water partition coefficient (Wildman–Crippen LogP) is 3.09. The molecular weight excluding hydrogens is 298 g/mol. The first kappa shape index (κ1) is 16.4. The Kier molecular flexibility index (Phi) is 4.95. The maximum Gasteiger partial charge on any atom is 0.224 e. The molecule has 2 aliphatic rings. The second-order valence-electron chi connectivity index (χ2n) is 6.84. The second kappa shape index (κ2) is 6.95. The molecule has 0 radical (unpaired) electrons. The van der Waals surface area contributed by atoms with Gasteiger partial charge in [-0.1, -0.05) is 31.4 Å². The highest BCUT2D eigenvalue weighted by Gasteiger charge is 2.46. The van der Waals surface area contributed by atoms with Crippen molar-refractivity contribution in [2.75, 3.05) is 6.54 Å². The maximum absolute atomic E-state index is 13.8. The van der Waals surface area contributed by atoms with Crippen LogP contribution in [0.3, 0.4) is 0 Å². The monoisotopic (exact) mass is 322 g/mol. The minimum Gasteiger partial charge on any atom is -0.352 e. The summed E-state index contributed by atoms with van der Waals surface area (Å²) in [5, 5.41) is 3.05. The van der Waals surface area contributed by atoms with Gasteiger partial charge in [0, 0.05) is 18.5 Å². The van der Waals surface area contributed by atoms with E-state index in [1.54, 1.807) is 6.07 Å². The van der Waals surface area contributed by atoms with Gasteiger partial charge in [0.25, 0.3) is 0 Å². The zero-order valence-corrected chi connectivity index (χ0v) is 13.2. The van der Waals surface area contributed by atoms with Crippen LogP contribution in [-0.2, 0) is 4.79 Å². The Balaban J connectivity index is 1.60. The number of nitrogens with one attached hydrogen (secondary N) is 1. The van der Waals surface area contributed by atoms with Crippen LogP contribution in [0.25, 0.3) is 0 Å². The first-order valence-electron chi connectivity index (χ1n) is 8.56. The lowest BCUT2D eigenvalue weighted by Crippen LogP contribution is -2.46. The van der Waals surface area contributed by atoms with Gasteiger partial charge in [0.15, 0.2) is 11.6 Å². The fourth-order valence-electron chi connectivity index (χ4n) is 3.83. The van der Waals surface area contributed by atoms with Gasteiger partial charge in [0.2, 0.25) is 5.91 Å². The Morgan fingerprint density at radius 1 is 1.26 bits per heavy atom. The maximum atomic E-state index is 13.8. The lowest BCUT2D eigenvalue weighted by Gasteiger charge is -2.30. The minimum absolute atomic E-state index is 0.00130. The van der Waals surface area contributed by atoms with Crippen molar-refractivity contribution >= 4 is 5.91 Å². The summed E-state index contributed by atoms with van der Waals surface area (Å²) in [6.07, 6.45) is 6.43. The molecular formula is C18H24F2N2O. The highest BCUT2D eigenvalue weighted by Crippen LogP contribution is 2.48. The number of benzene rings is 1. The molecule has 3 nitrogen and oxygen atoms in total. The van der Waals surface area contributed by atoms with E-state index in [1.807, 2.05) is 0 Å². The molecule has 2 aliphatic carbocycles. The average molecular weight is 322 g/mol. The average Bonchev–Trinajstić information content (AvgIpc) is 3.36. The topological polar surface area (TPSA) is 55.1 Å². The molecule has 0 spiro atoms. The Labute approximate surface area is 135 Å². The molecule has 1 aromatic carbocycles. The number of halogens is 2. The van der Waals surface area contributed by atoms with Crippen LogP contribution < -0.4 is 11.1 Å². The van der Waals surface area contributed by atoms with Crippen molar-refractivity contribution in [2.45, 2.75) is 50.5 Å². The third-order valence-electron chi connectivity index (χ3n) is 5.31. The molecule has 0 bridgehead atoms. The number of carbonyl (C=O) groups is 1. The number of nitrogens with two attached hydrogens (primary N) is 1. The third-order valence-corrected chi connectivity index (χ3v) is 5.31. The Bertz CT molecular complexity index is 572. The van der Waals surface area contributed by atoms with Gasteiger partial charge in [-0.2, -0.15) is 0 Å². The lowest BCUT2D eigenvalue weighted by molar-refractivity contribution is -0.123. The molecule has 1 amide bonds. The Morgan fingerprint density at radius 2 is 2.00 bits per heavy atom. The van der Waals surface area contributed by atoms with E-state index < -0.39 is 11.6 Å². The fraction of sp³-hybridized carbons (Fsp3) is 0.611. The summed E-state index contributed by atoms with van der Waals surface area (Å²) in [7, 11) is 0. The van der Waals surface area contributed by atoms with Crippen LogP contribution in [0, 0.1) is 23.5 Å². The van der Waals surface area contributed by atoms with E-state index in [-0.39, 0.29) is 23.8 Å². The zero-order chi connectivity index (χ0) is 16.4. The summed E-state index contributed by atoms with van der Waals surface area (Å²) >= 11 is 0. The van der Waals surface area contributed by atoms with Crippen LogP contribution in [-0.4, -0.2) is 18.5 Å². The van der Waals surface area contributed by atoms with E-state index in [2.05, 4.69) is 5.32 Å². The molecule has 0 aliphatic heterocycles. The van der Waals surface area contributed by atoms with E-state index in [0.29, 0.717) is 24.4 Å². The van der Waals surface area contributed by atoms with Crippen LogP contribution in [0.4, 0.5) is 8.78 Å². The summed E-state index contributed by atoms with van der Waals surface area (Å²) in [5.41, 5.74) is 6.15. The largest absolute Gasteiger partial charge is 0.352 e. The molecule has 23 heavy (non-hydrogen) atoms.